The number of hydrogen-bond acceptors (Lipinski definition) is 9. The summed E-state index contributed by atoms with van der Waals surface area (Å²) in [6.45, 7) is 0. The maximum Gasteiger partial charge on any atom is 0.320 e. The van der Waals surface area contributed by atoms with E-state index >= 15 is 0 Å². The number of esters is 1. The van der Waals surface area contributed by atoms with Crippen LogP contribution >= 0.6 is 11.6 Å². The first-order valence-electron chi connectivity index (χ1n) is 10.6. The highest BCUT2D eigenvalue weighted by Crippen LogP contribution is 2.31. The maximum atomic E-state index is 13.3. The Bertz CT molecular complexity index is 1230. The van der Waals surface area contributed by atoms with Gasteiger partial charge in [0.25, 0.3) is 0 Å². The maximum absolute atomic E-state index is 13.3. The van der Waals surface area contributed by atoms with Crippen LogP contribution in [0.1, 0.15) is 36.4 Å². The van der Waals surface area contributed by atoms with Gasteiger partial charge < -0.3 is 24.5 Å². The molecule has 184 valence electrons. The highest BCUT2D eigenvalue weighted by molar-refractivity contribution is 6.32. The number of nitrogens with one attached hydrogen (secondary N) is 2. The Balaban J connectivity index is 1.33. The van der Waals surface area contributed by atoms with E-state index in [1.165, 1.54) is 25.4 Å². The molecule has 0 atom stereocenters. The lowest BCUT2D eigenvalue weighted by Gasteiger charge is -2.27. The van der Waals surface area contributed by atoms with Gasteiger partial charge in [-0.1, -0.05) is 16.7 Å². The molecule has 1 amide bonds. The molecule has 1 aliphatic carbocycles. The van der Waals surface area contributed by atoms with Crippen molar-refractivity contribution >= 4 is 40.9 Å². The monoisotopic (exact) mass is 507 g/mol. The van der Waals surface area contributed by atoms with Crippen molar-refractivity contribution in [1.82, 2.24) is 15.2 Å². The third-order valence-electron chi connectivity index (χ3n) is 5.34. The van der Waals surface area contributed by atoms with Crippen LogP contribution in [-0.4, -0.2) is 40.3 Å². The largest absolute Gasteiger partial charge is 0.473 e. The molecule has 0 spiro atoms. The van der Waals surface area contributed by atoms with E-state index in [4.69, 9.17) is 25.5 Å². The topological polar surface area (TPSA) is 128 Å². The zero-order valence-corrected chi connectivity index (χ0v) is 19.1. The number of benzene rings is 1. The summed E-state index contributed by atoms with van der Waals surface area (Å²) in [5, 5.41) is 12.6. The number of halogens is 3. The van der Waals surface area contributed by atoms with Crippen LogP contribution < -0.4 is 15.4 Å². The minimum Gasteiger partial charge on any atom is -0.473 e. The first kappa shape index (κ1) is 24.3. The number of carbonyl (C=O) groups excluding carboxylic acids is 2. The van der Waals surface area contributed by atoms with E-state index in [0.717, 1.165) is 12.1 Å². The highest BCUT2D eigenvalue weighted by Gasteiger charge is 2.28. The third-order valence-corrected chi connectivity index (χ3v) is 5.61. The second-order valence-electron chi connectivity index (χ2n) is 7.75. The molecule has 1 fully saturated rings. The van der Waals surface area contributed by atoms with Gasteiger partial charge in [0.1, 0.15) is 11.1 Å². The summed E-state index contributed by atoms with van der Waals surface area (Å²) in [6, 6.07) is 4.37. The Hall–Kier alpha value is -3.80. The summed E-state index contributed by atoms with van der Waals surface area (Å²) in [4.78, 5) is 28.2. The van der Waals surface area contributed by atoms with E-state index in [1.807, 2.05) is 0 Å². The predicted molar refractivity (Wildman–Crippen MR) is 120 cm³/mol. The molecule has 0 aliphatic heterocycles. The Morgan fingerprint density at radius 1 is 1.09 bits per heavy atom. The zero-order chi connectivity index (χ0) is 24.9. The van der Waals surface area contributed by atoms with Gasteiger partial charge in [0.15, 0.2) is 11.6 Å². The number of hydrogen-bond donors (Lipinski definition) is 2. The lowest BCUT2D eigenvalue weighted by Crippen LogP contribution is -2.28. The smallest absolute Gasteiger partial charge is 0.320 e. The Labute approximate surface area is 203 Å². The number of anilines is 3. The minimum absolute atomic E-state index is 0.127. The first-order valence-corrected chi connectivity index (χ1v) is 11.0. The lowest BCUT2D eigenvalue weighted by molar-refractivity contribution is -0.147. The average Bonchev–Trinajstić information content (AvgIpc) is 3.32. The predicted octanol–water partition coefficient (Wildman–Crippen LogP) is 4.50. The number of amides is 1. The fraction of sp³-hybridized carbons (Fsp3) is 0.318. The van der Waals surface area contributed by atoms with Crippen LogP contribution in [0.15, 0.2) is 34.9 Å². The van der Waals surface area contributed by atoms with Crippen LogP contribution in [0.5, 0.6) is 5.88 Å². The van der Waals surface area contributed by atoms with Crippen molar-refractivity contribution in [2.75, 3.05) is 17.7 Å². The normalized spacial score (nSPS) is 17.5. The van der Waals surface area contributed by atoms with Gasteiger partial charge in [0.05, 0.1) is 24.9 Å². The molecule has 1 saturated carbocycles. The fourth-order valence-electron chi connectivity index (χ4n) is 3.57. The fourth-order valence-corrected chi connectivity index (χ4v) is 3.78. The average molecular weight is 508 g/mol. The number of ether oxygens (including phenoxy) is 2. The summed E-state index contributed by atoms with van der Waals surface area (Å²) in [5.74, 6) is -3.31. The molecule has 2 heterocycles. The van der Waals surface area contributed by atoms with Crippen LogP contribution in [-0.2, 0) is 9.53 Å². The molecular weight excluding hydrogens is 488 g/mol. The molecule has 10 nitrogen and oxygen atoms in total. The number of nitrogens with zero attached hydrogens (tertiary/aromatic N) is 3. The number of carbonyl (C=O) groups is 2. The molecule has 13 heteroatoms. The summed E-state index contributed by atoms with van der Waals surface area (Å²) in [7, 11) is 1.37. The number of pyridine rings is 1. The molecule has 2 N–H and O–H groups in total. The van der Waals surface area contributed by atoms with Crippen molar-refractivity contribution in [2.45, 2.75) is 31.8 Å². The summed E-state index contributed by atoms with van der Waals surface area (Å²) < 4.78 is 42.2. The van der Waals surface area contributed by atoms with E-state index in [2.05, 4.69) is 25.8 Å². The van der Waals surface area contributed by atoms with Gasteiger partial charge in [-0.25, -0.2) is 13.8 Å². The SMILES string of the molecule is COC(=O)[C@H]1CC[C@@H](Oc2ncc(NC(=O)c3nnc(Nc4ccc(F)c(F)c4)o3)cc2Cl)CC1. The molecule has 0 radical (unpaired) electrons. The highest BCUT2D eigenvalue weighted by atomic mass is 35.5. The van der Waals surface area contributed by atoms with Crippen molar-refractivity contribution in [3.05, 3.63) is 53.0 Å². The summed E-state index contributed by atoms with van der Waals surface area (Å²) >= 11 is 6.27. The van der Waals surface area contributed by atoms with Gasteiger partial charge in [-0.15, -0.1) is 5.10 Å². The van der Waals surface area contributed by atoms with Gasteiger partial charge in [-0.3, -0.25) is 9.59 Å². The van der Waals surface area contributed by atoms with Crippen LogP contribution in [0.4, 0.5) is 26.2 Å². The molecule has 1 aliphatic rings. The Kier molecular flexibility index (Phi) is 7.39. The van der Waals surface area contributed by atoms with Crippen molar-refractivity contribution in [2.24, 2.45) is 5.92 Å². The molecular formula is C22H20ClF2N5O5. The summed E-state index contributed by atoms with van der Waals surface area (Å²) in [5.41, 5.74) is 0.417. The third kappa shape index (κ3) is 6.01. The Morgan fingerprint density at radius 2 is 1.86 bits per heavy atom. The zero-order valence-electron chi connectivity index (χ0n) is 18.4. The van der Waals surface area contributed by atoms with Gasteiger partial charge in [-0.2, -0.15) is 0 Å². The van der Waals surface area contributed by atoms with E-state index < -0.39 is 17.5 Å². The van der Waals surface area contributed by atoms with Gasteiger partial charge in [0, 0.05) is 11.8 Å². The van der Waals surface area contributed by atoms with Crippen LogP contribution in [0.3, 0.4) is 0 Å². The molecule has 2 aromatic heterocycles. The molecule has 35 heavy (non-hydrogen) atoms. The molecule has 4 rings (SSSR count). The van der Waals surface area contributed by atoms with Crippen molar-refractivity contribution in [3.8, 4) is 5.88 Å². The van der Waals surface area contributed by atoms with E-state index in [-0.39, 0.29) is 52.2 Å². The van der Waals surface area contributed by atoms with Crippen LogP contribution in [0, 0.1) is 17.6 Å². The van der Waals surface area contributed by atoms with Crippen LogP contribution in [0.25, 0.3) is 0 Å². The number of aromatic nitrogens is 3. The number of rotatable bonds is 7. The second-order valence-corrected chi connectivity index (χ2v) is 8.15. The number of methoxy groups -OCH3 is 1. The summed E-state index contributed by atoms with van der Waals surface area (Å²) in [6.07, 6.45) is 3.85. The molecule has 1 aromatic carbocycles. The van der Waals surface area contributed by atoms with Gasteiger partial charge >= 0.3 is 23.8 Å². The Morgan fingerprint density at radius 3 is 2.54 bits per heavy atom. The van der Waals surface area contributed by atoms with Crippen molar-refractivity contribution in [1.29, 1.82) is 0 Å². The van der Waals surface area contributed by atoms with Crippen molar-refractivity contribution in [3.63, 3.8) is 0 Å². The molecule has 3 aromatic rings. The lowest BCUT2D eigenvalue weighted by atomic mass is 9.87. The quantitative estimate of drug-likeness (QED) is 0.444. The van der Waals surface area contributed by atoms with E-state index in [9.17, 15) is 18.4 Å². The standard InChI is InChI=1S/C22H20ClF2N5O5/c1-33-21(32)11-2-5-14(6-3-11)34-19-15(23)8-13(10-26-19)27-18(31)20-29-30-22(35-20)28-12-4-7-16(24)17(25)9-12/h4,7-11,14H,2-3,5-6H2,1H3,(H,27,31)(H,28,30)/t11-,14+. The van der Waals surface area contributed by atoms with Gasteiger partial charge in [-0.05, 0) is 43.9 Å². The van der Waals surface area contributed by atoms with E-state index in [1.54, 1.807) is 0 Å². The second kappa shape index (κ2) is 10.6. The molecule has 0 saturated heterocycles. The van der Waals surface area contributed by atoms with Crippen molar-refractivity contribution < 1.29 is 32.3 Å². The van der Waals surface area contributed by atoms with E-state index in [0.29, 0.717) is 25.7 Å². The minimum atomic E-state index is -1.06. The molecule has 0 bridgehead atoms. The van der Waals surface area contributed by atoms with Crippen LogP contribution in [0.2, 0.25) is 5.02 Å². The molecule has 0 unspecified atom stereocenters. The van der Waals surface area contributed by atoms with Gasteiger partial charge in [0.2, 0.25) is 5.88 Å². The first-order chi connectivity index (χ1) is 16.8.